The first-order chi connectivity index (χ1) is 10.6. The SMILES string of the molecule is CCC(CC)(CN)C(=O)NCCn1c(=O)[nH]c2ccccc21. The largest absolute Gasteiger partial charge is 0.354 e. The molecule has 0 saturated carbocycles. The quantitative estimate of drug-likeness (QED) is 0.718. The third-order valence-corrected chi connectivity index (χ3v) is 4.53. The molecule has 1 amide bonds. The van der Waals surface area contributed by atoms with Gasteiger partial charge in [-0.3, -0.25) is 9.36 Å². The smallest absolute Gasteiger partial charge is 0.326 e. The molecule has 0 saturated heterocycles. The second kappa shape index (κ2) is 6.79. The molecule has 0 aliphatic rings. The number of amides is 1. The van der Waals surface area contributed by atoms with Crippen LogP contribution in [0.4, 0.5) is 0 Å². The molecule has 22 heavy (non-hydrogen) atoms. The first-order valence-electron chi connectivity index (χ1n) is 7.74. The summed E-state index contributed by atoms with van der Waals surface area (Å²) in [5, 5.41) is 2.91. The first kappa shape index (κ1) is 16.3. The average Bonchev–Trinajstić information content (AvgIpc) is 2.85. The minimum Gasteiger partial charge on any atom is -0.354 e. The van der Waals surface area contributed by atoms with E-state index < -0.39 is 5.41 Å². The van der Waals surface area contributed by atoms with Crippen LogP contribution in [0, 0.1) is 5.41 Å². The van der Waals surface area contributed by atoms with Gasteiger partial charge in [0.15, 0.2) is 0 Å². The van der Waals surface area contributed by atoms with Crippen LogP contribution in [-0.2, 0) is 11.3 Å². The molecule has 2 rings (SSSR count). The lowest BCUT2D eigenvalue weighted by molar-refractivity contribution is -0.131. The zero-order valence-electron chi connectivity index (χ0n) is 13.2. The number of hydrogen-bond acceptors (Lipinski definition) is 3. The van der Waals surface area contributed by atoms with Crippen molar-refractivity contribution in [3.05, 3.63) is 34.7 Å². The van der Waals surface area contributed by atoms with Gasteiger partial charge < -0.3 is 16.0 Å². The molecule has 4 N–H and O–H groups in total. The molecule has 1 aromatic heterocycles. The van der Waals surface area contributed by atoms with Crippen molar-refractivity contribution >= 4 is 16.9 Å². The number of aromatic amines is 1. The van der Waals surface area contributed by atoms with Crippen LogP contribution < -0.4 is 16.7 Å². The third kappa shape index (κ3) is 2.92. The number of para-hydroxylation sites is 2. The van der Waals surface area contributed by atoms with E-state index in [9.17, 15) is 9.59 Å². The Morgan fingerprint density at radius 2 is 2.00 bits per heavy atom. The molecule has 0 fully saturated rings. The van der Waals surface area contributed by atoms with Gasteiger partial charge >= 0.3 is 5.69 Å². The van der Waals surface area contributed by atoms with Crippen LogP contribution in [0.5, 0.6) is 0 Å². The molecule has 6 heteroatoms. The Labute approximate surface area is 129 Å². The average molecular weight is 304 g/mol. The number of fused-ring (bicyclic) bond motifs is 1. The van der Waals surface area contributed by atoms with E-state index >= 15 is 0 Å². The molecule has 1 aromatic carbocycles. The van der Waals surface area contributed by atoms with Crippen molar-refractivity contribution in [2.24, 2.45) is 11.1 Å². The summed E-state index contributed by atoms with van der Waals surface area (Å²) in [6.07, 6.45) is 1.41. The summed E-state index contributed by atoms with van der Waals surface area (Å²) < 4.78 is 1.64. The zero-order chi connectivity index (χ0) is 16.2. The fourth-order valence-electron chi connectivity index (χ4n) is 2.75. The highest BCUT2D eigenvalue weighted by molar-refractivity contribution is 5.82. The summed E-state index contributed by atoms with van der Waals surface area (Å²) in [6.45, 7) is 5.12. The minimum absolute atomic E-state index is 0.0344. The number of hydrogen-bond donors (Lipinski definition) is 3. The van der Waals surface area contributed by atoms with Crippen LogP contribution in [0.1, 0.15) is 26.7 Å². The Hall–Kier alpha value is -2.08. The molecule has 0 radical (unpaired) electrons. The maximum atomic E-state index is 12.3. The molecule has 0 spiro atoms. The van der Waals surface area contributed by atoms with Crippen LogP contribution in [-0.4, -0.2) is 28.5 Å². The van der Waals surface area contributed by atoms with Crippen LogP contribution in [0.3, 0.4) is 0 Å². The van der Waals surface area contributed by atoms with Gasteiger partial charge in [0.1, 0.15) is 0 Å². The predicted molar refractivity (Wildman–Crippen MR) is 87.6 cm³/mol. The predicted octanol–water partition coefficient (Wildman–Crippen LogP) is 1.21. The van der Waals surface area contributed by atoms with E-state index in [1.807, 2.05) is 38.1 Å². The maximum Gasteiger partial charge on any atom is 0.326 e. The summed E-state index contributed by atoms with van der Waals surface area (Å²) in [4.78, 5) is 27.1. The summed E-state index contributed by atoms with van der Waals surface area (Å²) in [5.74, 6) is -0.0344. The van der Waals surface area contributed by atoms with Gasteiger partial charge in [-0.1, -0.05) is 26.0 Å². The van der Waals surface area contributed by atoms with Crippen LogP contribution in [0.25, 0.3) is 11.0 Å². The molecule has 0 bridgehead atoms. The van der Waals surface area contributed by atoms with Crippen molar-refractivity contribution in [2.45, 2.75) is 33.2 Å². The van der Waals surface area contributed by atoms with Crippen molar-refractivity contribution in [1.82, 2.24) is 14.9 Å². The Balaban J connectivity index is 2.06. The van der Waals surface area contributed by atoms with Crippen molar-refractivity contribution in [3.8, 4) is 0 Å². The van der Waals surface area contributed by atoms with Crippen LogP contribution in [0.2, 0.25) is 0 Å². The molecule has 0 unspecified atom stereocenters. The monoisotopic (exact) mass is 304 g/mol. The number of H-pyrrole nitrogens is 1. The summed E-state index contributed by atoms with van der Waals surface area (Å²) in [5.41, 5.74) is 6.75. The molecule has 1 heterocycles. The lowest BCUT2D eigenvalue weighted by atomic mass is 9.81. The molecule has 0 aliphatic heterocycles. The summed E-state index contributed by atoms with van der Waals surface area (Å²) in [7, 11) is 0. The van der Waals surface area contributed by atoms with Gasteiger partial charge in [-0.2, -0.15) is 0 Å². The Kier molecular flexibility index (Phi) is 5.03. The molecular weight excluding hydrogens is 280 g/mol. The second-order valence-corrected chi connectivity index (χ2v) is 5.55. The normalized spacial score (nSPS) is 11.8. The maximum absolute atomic E-state index is 12.3. The van der Waals surface area contributed by atoms with E-state index in [2.05, 4.69) is 10.3 Å². The number of rotatable bonds is 7. The molecule has 0 aliphatic carbocycles. The standard InChI is InChI=1S/C16H24N4O2/c1-3-16(4-2,11-17)14(21)18-9-10-20-13-8-6-5-7-12(13)19-15(20)22/h5-8H,3-4,9-11,17H2,1-2H3,(H,18,21)(H,19,22). The molecule has 6 nitrogen and oxygen atoms in total. The van der Waals surface area contributed by atoms with Crippen molar-refractivity contribution in [3.63, 3.8) is 0 Å². The van der Waals surface area contributed by atoms with Gasteiger partial charge in [-0.15, -0.1) is 0 Å². The highest BCUT2D eigenvalue weighted by atomic mass is 16.2. The second-order valence-electron chi connectivity index (χ2n) is 5.55. The van der Waals surface area contributed by atoms with Crippen molar-refractivity contribution in [2.75, 3.05) is 13.1 Å². The van der Waals surface area contributed by atoms with E-state index in [-0.39, 0.29) is 11.6 Å². The van der Waals surface area contributed by atoms with Crippen LogP contribution >= 0.6 is 0 Å². The highest BCUT2D eigenvalue weighted by Gasteiger charge is 2.32. The molecular formula is C16H24N4O2. The van der Waals surface area contributed by atoms with Gasteiger partial charge in [-0.25, -0.2) is 4.79 Å². The fraction of sp³-hybridized carbons (Fsp3) is 0.500. The number of aromatic nitrogens is 2. The summed E-state index contributed by atoms with van der Waals surface area (Å²) in [6, 6.07) is 7.51. The number of benzene rings is 1. The van der Waals surface area contributed by atoms with Gasteiger partial charge in [-0.05, 0) is 25.0 Å². The first-order valence-corrected chi connectivity index (χ1v) is 7.74. The number of carbonyl (C=O) groups excluding carboxylic acids is 1. The number of nitrogens with two attached hydrogens (primary N) is 1. The number of carbonyl (C=O) groups is 1. The third-order valence-electron chi connectivity index (χ3n) is 4.53. The molecule has 2 aromatic rings. The lowest BCUT2D eigenvalue weighted by Gasteiger charge is -2.28. The zero-order valence-corrected chi connectivity index (χ0v) is 13.2. The van der Waals surface area contributed by atoms with E-state index in [1.165, 1.54) is 0 Å². The lowest BCUT2D eigenvalue weighted by Crippen LogP contribution is -2.46. The van der Waals surface area contributed by atoms with Crippen molar-refractivity contribution < 1.29 is 4.79 Å². The van der Waals surface area contributed by atoms with E-state index in [1.54, 1.807) is 4.57 Å². The van der Waals surface area contributed by atoms with E-state index in [0.717, 1.165) is 11.0 Å². The molecule has 0 atom stereocenters. The minimum atomic E-state index is -0.509. The van der Waals surface area contributed by atoms with E-state index in [0.29, 0.717) is 32.5 Å². The van der Waals surface area contributed by atoms with Gasteiger partial charge in [0.05, 0.1) is 16.4 Å². The number of imidazole rings is 1. The topological polar surface area (TPSA) is 92.9 Å². The Bertz CT molecular complexity index is 689. The van der Waals surface area contributed by atoms with Crippen molar-refractivity contribution in [1.29, 1.82) is 0 Å². The van der Waals surface area contributed by atoms with Gasteiger partial charge in [0.2, 0.25) is 5.91 Å². The van der Waals surface area contributed by atoms with Crippen LogP contribution in [0.15, 0.2) is 29.1 Å². The van der Waals surface area contributed by atoms with Gasteiger partial charge in [0, 0.05) is 19.6 Å². The highest BCUT2D eigenvalue weighted by Crippen LogP contribution is 2.24. The number of nitrogens with one attached hydrogen (secondary N) is 2. The van der Waals surface area contributed by atoms with E-state index in [4.69, 9.17) is 5.73 Å². The molecule has 120 valence electrons. The Morgan fingerprint density at radius 1 is 1.32 bits per heavy atom. The number of nitrogens with zero attached hydrogens (tertiary/aromatic N) is 1. The fourth-order valence-corrected chi connectivity index (χ4v) is 2.75. The van der Waals surface area contributed by atoms with Gasteiger partial charge in [0.25, 0.3) is 0 Å². The summed E-state index contributed by atoms with van der Waals surface area (Å²) >= 11 is 0. The Morgan fingerprint density at radius 3 is 2.64 bits per heavy atom.